The van der Waals surface area contributed by atoms with E-state index < -0.39 is 0 Å². The summed E-state index contributed by atoms with van der Waals surface area (Å²) in [5.74, 6) is 0.871. The van der Waals surface area contributed by atoms with Gasteiger partial charge in [0.1, 0.15) is 0 Å². The minimum atomic E-state index is 0.171. The van der Waals surface area contributed by atoms with Crippen LogP contribution in [0.5, 0.6) is 0 Å². The maximum atomic E-state index is 11.8. The molecule has 0 radical (unpaired) electrons. The summed E-state index contributed by atoms with van der Waals surface area (Å²) in [6, 6.07) is 0. The molecule has 0 spiro atoms. The minimum Gasteiger partial charge on any atom is -0.378 e. The normalized spacial score (nSPS) is 25.7. The summed E-state index contributed by atoms with van der Waals surface area (Å²) in [6.45, 7) is 1.68. The van der Waals surface area contributed by atoms with E-state index in [2.05, 4.69) is 5.32 Å². The van der Waals surface area contributed by atoms with E-state index >= 15 is 0 Å². The van der Waals surface area contributed by atoms with Crippen LogP contribution in [0.15, 0.2) is 0 Å². The van der Waals surface area contributed by atoms with E-state index in [1.807, 2.05) is 0 Å². The number of hydrogen-bond donors (Lipinski definition) is 1. The lowest BCUT2D eigenvalue weighted by Gasteiger charge is -2.22. The molecule has 104 valence electrons. The molecule has 1 atom stereocenters. The van der Waals surface area contributed by atoms with Crippen molar-refractivity contribution in [1.82, 2.24) is 5.32 Å². The summed E-state index contributed by atoms with van der Waals surface area (Å²) in [6.07, 6.45) is 8.76. The second-order valence-corrected chi connectivity index (χ2v) is 6.12. The SMILES string of the molecule is O=C(CCC1CCCCO1)NCC1(CCCl)CC1. The largest absolute Gasteiger partial charge is 0.378 e. The Bertz CT molecular complexity index is 273. The van der Waals surface area contributed by atoms with Gasteiger partial charge in [0.2, 0.25) is 5.91 Å². The van der Waals surface area contributed by atoms with Crippen molar-refractivity contribution in [3.63, 3.8) is 0 Å². The second kappa shape index (κ2) is 6.76. The van der Waals surface area contributed by atoms with Crippen molar-refractivity contribution >= 4 is 17.5 Å². The van der Waals surface area contributed by atoms with Crippen LogP contribution in [0.1, 0.15) is 51.4 Å². The number of alkyl halides is 1. The first kappa shape index (κ1) is 14.1. The number of halogens is 1. The van der Waals surface area contributed by atoms with Crippen molar-refractivity contribution in [1.29, 1.82) is 0 Å². The van der Waals surface area contributed by atoms with Crippen LogP contribution in [0, 0.1) is 5.41 Å². The fraction of sp³-hybridized carbons (Fsp3) is 0.929. The van der Waals surface area contributed by atoms with Gasteiger partial charge in [0.05, 0.1) is 6.10 Å². The first-order chi connectivity index (χ1) is 8.74. The molecular formula is C14H24ClNO2. The smallest absolute Gasteiger partial charge is 0.220 e. The highest BCUT2D eigenvalue weighted by Gasteiger charge is 2.41. The van der Waals surface area contributed by atoms with E-state index in [0.29, 0.717) is 23.8 Å². The quantitative estimate of drug-likeness (QED) is 0.725. The standard InChI is InChI=1S/C14H24ClNO2/c15-9-8-14(6-7-14)11-16-13(17)5-4-12-3-1-2-10-18-12/h12H,1-11H2,(H,16,17). The summed E-state index contributed by atoms with van der Waals surface area (Å²) in [5.41, 5.74) is 0.332. The monoisotopic (exact) mass is 273 g/mol. The van der Waals surface area contributed by atoms with Crippen molar-refractivity contribution in [2.24, 2.45) is 5.41 Å². The average Bonchev–Trinajstić information content (AvgIpc) is 3.16. The van der Waals surface area contributed by atoms with Gasteiger partial charge in [0.25, 0.3) is 0 Å². The van der Waals surface area contributed by atoms with Gasteiger partial charge in [-0.05, 0) is 50.4 Å². The summed E-state index contributed by atoms with van der Waals surface area (Å²) in [5, 5.41) is 3.06. The van der Waals surface area contributed by atoms with Gasteiger partial charge in [-0.25, -0.2) is 0 Å². The van der Waals surface area contributed by atoms with Crippen molar-refractivity contribution in [2.75, 3.05) is 19.0 Å². The summed E-state index contributed by atoms with van der Waals surface area (Å²) < 4.78 is 5.63. The van der Waals surface area contributed by atoms with Crippen LogP contribution < -0.4 is 5.32 Å². The van der Waals surface area contributed by atoms with Gasteiger partial charge < -0.3 is 10.1 Å². The Morgan fingerprint density at radius 3 is 2.83 bits per heavy atom. The number of nitrogens with one attached hydrogen (secondary N) is 1. The van der Waals surface area contributed by atoms with E-state index in [0.717, 1.165) is 32.4 Å². The highest BCUT2D eigenvalue weighted by Crippen LogP contribution is 2.48. The zero-order valence-electron chi connectivity index (χ0n) is 11.0. The Balaban J connectivity index is 1.57. The average molecular weight is 274 g/mol. The number of amides is 1. The van der Waals surface area contributed by atoms with Gasteiger partial charge in [0, 0.05) is 25.5 Å². The Morgan fingerprint density at radius 1 is 1.39 bits per heavy atom. The molecule has 18 heavy (non-hydrogen) atoms. The van der Waals surface area contributed by atoms with Gasteiger partial charge in [-0.2, -0.15) is 0 Å². The van der Waals surface area contributed by atoms with Crippen LogP contribution in [0.25, 0.3) is 0 Å². The van der Waals surface area contributed by atoms with Crippen LogP contribution >= 0.6 is 11.6 Å². The van der Waals surface area contributed by atoms with Crippen molar-refractivity contribution in [3.05, 3.63) is 0 Å². The van der Waals surface area contributed by atoms with E-state index in [1.54, 1.807) is 0 Å². The lowest BCUT2D eigenvalue weighted by atomic mass is 10.0. The number of carbonyl (C=O) groups excluding carboxylic acids is 1. The molecule has 1 amide bonds. The first-order valence-electron chi connectivity index (χ1n) is 7.18. The maximum Gasteiger partial charge on any atom is 0.220 e. The van der Waals surface area contributed by atoms with Crippen LogP contribution in [0.2, 0.25) is 0 Å². The number of hydrogen-bond acceptors (Lipinski definition) is 2. The Kier molecular flexibility index (Phi) is 5.31. The number of rotatable bonds is 7. The zero-order chi connectivity index (χ0) is 12.8. The number of carbonyl (C=O) groups is 1. The molecule has 1 aliphatic heterocycles. The predicted octanol–water partition coefficient (Wildman–Crippen LogP) is 2.86. The fourth-order valence-electron chi connectivity index (χ4n) is 2.59. The van der Waals surface area contributed by atoms with Gasteiger partial charge in [-0.15, -0.1) is 11.6 Å². The van der Waals surface area contributed by atoms with Crippen LogP contribution in [0.3, 0.4) is 0 Å². The third kappa shape index (κ3) is 4.43. The fourth-order valence-corrected chi connectivity index (χ4v) is 2.99. The van der Waals surface area contributed by atoms with Gasteiger partial charge in [-0.3, -0.25) is 4.79 Å². The molecule has 2 fully saturated rings. The molecule has 1 saturated heterocycles. The third-order valence-corrected chi connectivity index (χ3v) is 4.40. The van der Waals surface area contributed by atoms with Crippen LogP contribution in [-0.2, 0) is 9.53 Å². The van der Waals surface area contributed by atoms with E-state index in [9.17, 15) is 4.79 Å². The highest BCUT2D eigenvalue weighted by atomic mass is 35.5. The molecule has 4 heteroatoms. The zero-order valence-corrected chi connectivity index (χ0v) is 11.8. The number of ether oxygens (including phenoxy) is 1. The Labute approximate surface area is 115 Å². The first-order valence-corrected chi connectivity index (χ1v) is 7.72. The van der Waals surface area contributed by atoms with Crippen molar-refractivity contribution < 1.29 is 9.53 Å². The van der Waals surface area contributed by atoms with Gasteiger partial charge >= 0.3 is 0 Å². The lowest BCUT2D eigenvalue weighted by molar-refractivity contribution is -0.122. The Hall–Kier alpha value is -0.280. The summed E-state index contributed by atoms with van der Waals surface area (Å²) in [7, 11) is 0. The molecule has 0 bridgehead atoms. The highest BCUT2D eigenvalue weighted by molar-refractivity contribution is 6.17. The van der Waals surface area contributed by atoms with Crippen LogP contribution in [0.4, 0.5) is 0 Å². The van der Waals surface area contributed by atoms with Crippen LogP contribution in [-0.4, -0.2) is 31.0 Å². The lowest BCUT2D eigenvalue weighted by Crippen LogP contribution is -2.31. The topological polar surface area (TPSA) is 38.3 Å². The molecule has 2 rings (SSSR count). The molecule has 1 heterocycles. The molecule has 3 nitrogen and oxygen atoms in total. The molecular weight excluding hydrogens is 250 g/mol. The molecule has 1 unspecified atom stereocenters. The van der Waals surface area contributed by atoms with Gasteiger partial charge in [-0.1, -0.05) is 0 Å². The second-order valence-electron chi connectivity index (χ2n) is 5.74. The molecule has 0 aromatic carbocycles. The molecule has 2 aliphatic rings. The predicted molar refractivity (Wildman–Crippen MR) is 72.8 cm³/mol. The maximum absolute atomic E-state index is 11.8. The molecule has 1 N–H and O–H groups in total. The third-order valence-electron chi connectivity index (χ3n) is 4.21. The van der Waals surface area contributed by atoms with Crippen molar-refractivity contribution in [3.8, 4) is 0 Å². The molecule has 1 aliphatic carbocycles. The van der Waals surface area contributed by atoms with E-state index in [1.165, 1.54) is 25.7 Å². The Morgan fingerprint density at radius 2 is 2.22 bits per heavy atom. The minimum absolute atomic E-state index is 0.171. The summed E-state index contributed by atoms with van der Waals surface area (Å²) >= 11 is 5.77. The van der Waals surface area contributed by atoms with E-state index in [4.69, 9.17) is 16.3 Å². The summed E-state index contributed by atoms with van der Waals surface area (Å²) in [4.78, 5) is 11.8. The van der Waals surface area contributed by atoms with Gasteiger partial charge in [0.15, 0.2) is 0 Å². The molecule has 0 aromatic rings. The molecule has 1 saturated carbocycles. The van der Waals surface area contributed by atoms with E-state index in [-0.39, 0.29) is 5.91 Å². The molecule has 0 aromatic heterocycles. The van der Waals surface area contributed by atoms with Crippen molar-refractivity contribution in [2.45, 2.75) is 57.5 Å².